The minimum absolute atomic E-state index is 0.0669. The van der Waals surface area contributed by atoms with Crippen LogP contribution in [0.1, 0.15) is 6.92 Å². The number of nitrogens with zero attached hydrogens (tertiary/aromatic N) is 1. The third-order valence-corrected chi connectivity index (χ3v) is 2.47. The van der Waals surface area contributed by atoms with Gasteiger partial charge in [-0.3, -0.25) is 15.5 Å². The van der Waals surface area contributed by atoms with Gasteiger partial charge in [-0.05, 0) is 31.2 Å². The summed E-state index contributed by atoms with van der Waals surface area (Å²) in [7, 11) is 0. The maximum Gasteiger partial charge on any atom is 0.259 e. The number of carbonyl (C=O) groups excluding carboxylic acids is 1. The number of amides is 1. The molecule has 1 rings (SSSR count). The highest BCUT2D eigenvalue weighted by Gasteiger charge is 2.01. The number of hydrazone groups is 1. The van der Waals surface area contributed by atoms with Crippen LogP contribution in [-0.2, 0) is 4.79 Å². The lowest BCUT2D eigenvalue weighted by molar-refractivity contribution is -0.119. The number of rotatable bonds is 6. The average Bonchev–Trinajstić information content (AvgIpc) is 2.43. The molecule has 0 radical (unpaired) electrons. The van der Waals surface area contributed by atoms with Crippen LogP contribution in [0.5, 0.6) is 0 Å². The predicted molar refractivity (Wildman–Crippen MR) is 75.3 cm³/mol. The van der Waals surface area contributed by atoms with Gasteiger partial charge in [0.2, 0.25) is 0 Å². The third-order valence-electron chi connectivity index (χ3n) is 2.22. The van der Waals surface area contributed by atoms with E-state index in [1.807, 2.05) is 5.48 Å². The minimum atomic E-state index is -0.319. The number of benzene rings is 1. The summed E-state index contributed by atoms with van der Waals surface area (Å²) in [5.74, 6) is -0.319. The maximum atomic E-state index is 11.5. The van der Waals surface area contributed by atoms with E-state index in [0.29, 0.717) is 10.7 Å². The number of anilines is 1. The highest BCUT2D eigenvalue weighted by molar-refractivity contribution is 6.30. The quantitative estimate of drug-likeness (QED) is 0.473. The van der Waals surface area contributed by atoms with Crippen LogP contribution in [0.4, 0.5) is 5.69 Å². The van der Waals surface area contributed by atoms with Crippen LogP contribution in [0.2, 0.25) is 5.02 Å². The number of hydroxylamine groups is 1. The number of allylic oxidation sites excluding steroid dienone is 1. The maximum absolute atomic E-state index is 11.5. The predicted octanol–water partition coefficient (Wildman–Crippen LogP) is 1.74. The van der Waals surface area contributed by atoms with Gasteiger partial charge in [-0.2, -0.15) is 5.10 Å². The standard InChI is InChI=1S/C12H15ClN4O2/c1-8(9(2)17-19)15-16-12(18)7-14-11-5-3-10(13)4-6-11/h3-6,14,17,19H,2,7H2,1H3,(H,16,18). The fraction of sp³-hybridized carbons (Fsp3) is 0.167. The molecule has 1 aromatic carbocycles. The molecule has 0 heterocycles. The molecule has 0 fully saturated rings. The Kier molecular flexibility index (Phi) is 5.84. The van der Waals surface area contributed by atoms with Crippen molar-refractivity contribution in [3.63, 3.8) is 0 Å². The molecular weight excluding hydrogens is 268 g/mol. The van der Waals surface area contributed by atoms with Crippen LogP contribution in [0.3, 0.4) is 0 Å². The molecule has 0 aliphatic rings. The molecule has 19 heavy (non-hydrogen) atoms. The summed E-state index contributed by atoms with van der Waals surface area (Å²) in [5.41, 5.74) is 5.55. The zero-order chi connectivity index (χ0) is 14.3. The average molecular weight is 283 g/mol. The lowest BCUT2D eigenvalue weighted by Gasteiger charge is -2.06. The molecule has 1 amide bonds. The van der Waals surface area contributed by atoms with Crippen LogP contribution in [0.25, 0.3) is 0 Å². The van der Waals surface area contributed by atoms with Crippen molar-refractivity contribution in [2.45, 2.75) is 6.92 Å². The van der Waals surface area contributed by atoms with E-state index in [2.05, 4.69) is 22.4 Å². The Hall–Kier alpha value is -2.05. The van der Waals surface area contributed by atoms with Crippen molar-refractivity contribution < 1.29 is 10.0 Å². The van der Waals surface area contributed by atoms with Gasteiger partial charge in [0.1, 0.15) is 0 Å². The number of halogens is 1. The Morgan fingerprint density at radius 1 is 1.42 bits per heavy atom. The second-order valence-electron chi connectivity index (χ2n) is 3.68. The molecule has 102 valence electrons. The molecule has 0 spiro atoms. The van der Waals surface area contributed by atoms with Crippen LogP contribution in [0, 0.1) is 0 Å². The molecule has 4 N–H and O–H groups in total. The van der Waals surface area contributed by atoms with Crippen molar-refractivity contribution in [1.82, 2.24) is 10.9 Å². The van der Waals surface area contributed by atoms with E-state index < -0.39 is 0 Å². The summed E-state index contributed by atoms with van der Waals surface area (Å²) in [4.78, 5) is 11.5. The van der Waals surface area contributed by atoms with Gasteiger partial charge in [0.15, 0.2) is 0 Å². The summed E-state index contributed by atoms with van der Waals surface area (Å²) >= 11 is 5.74. The summed E-state index contributed by atoms with van der Waals surface area (Å²) in [5, 5.41) is 15.9. The van der Waals surface area contributed by atoms with Gasteiger partial charge in [0.05, 0.1) is 18.0 Å². The lowest BCUT2D eigenvalue weighted by Crippen LogP contribution is -2.27. The van der Waals surface area contributed by atoms with Crippen LogP contribution < -0.4 is 16.2 Å². The fourth-order valence-corrected chi connectivity index (χ4v) is 1.21. The molecule has 0 saturated heterocycles. The van der Waals surface area contributed by atoms with Crippen molar-refractivity contribution in [1.29, 1.82) is 0 Å². The molecule has 7 heteroatoms. The Balaban J connectivity index is 2.40. The van der Waals surface area contributed by atoms with E-state index >= 15 is 0 Å². The van der Waals surface area contributed by atoms with Gasteiger partial charge in [-0.1, -0.05) is 18.2 Å². The lowest BCUT2D eigenvalue weighted by atomic mass is 10.3. The Labute approximate surface area is 116 Å². The second-order valence-corrected chi connectivity index (χ2v) is 4.12. The van der Waals surface area contributed by atoms with Crippen LogP contribution >= 0.6 is 11.6 Å². The van der Waals surface area contributed by atoms with E-state index in [0.717, 1.165) is 5.69 Å². The zero-order valence-corrected chi connectivity index (χ0v) is 11.2. The van der Waals surface area contributed by atoms with Gasteiger partial charge >= 0.3 is 0 Å². The first kappa shape index (κ1) is 15.0. The smallest absolute Gasteiger partial charge is 0.259 e. The summed E-state index contributed by atoms with van der Waals surface area (Å²) in [6, 6.07) is 6.98. The zero-order valence-electron chi connectivity index (χ0n) is 10.4. The van der Waals surface area contributed by atoms with Gasteiger partial charge < -0.3 is 5.32 Å². The largest absolute Gasteiger partial charge is 0.376 e. The molecule has 0 bridgehead atoms. The topological polar surface area (TPSA) is 85.8 Å². The Morgan fingerprint density at radius 3 is 2.63 bits per heavy atom. The molecule has 0 aliphatic carbocycles. The van der Waals surface area contributed by atoms with E-state index in [4.69, 9.17) is 16.8 Å². The van der Waals surface area contributed by atoms with Crippen LogP contribution in [0.15, 0.2) is 41.6 Å². The SMILES string of the molecule is C=C(NO)C(C)=NNC(=O)CNc1ccc(Cl)cc1. The van der Waals surface area contributed by atoms with Crippen molar-refractivity contribution >= 4 is 28.9 Å². The minimum Gasteiger partial charge on any atom is -0.376 e. The van der Waals surface area contributed by atoms with E-state index in [-0.39, 0.29) is 18.1 Å². The number of carbonyl (C=O) groups is 1. The van der Waals surface area contributed by atoms with Gasteiger partial charge in [0, 0.05) is 10.7 Å². The van der Waals surface area contributed by atoms with E-state index in [1.54, 1.807) is 31.2 Å². The van der Waals surface area contributed by atoms with Crippen molar-refractivity contribution in [3.8, 4) is 0 Å². The Bertz CT molecular complexity index is 485. The van der Waals surface area contributed by atoms with E-state index in [1.165, 1.54) is 0 Å². The molecule has 0 unspecified atom stereocenters. The molecule has 6 nitrogen and oxygen atoms in total. The van der Waals surface area contributed by atoms with Gasteiger partial charge in [-0.15, -0.1) is 0 Å². The summed E-state index contributed by atoms with van der Waals surface area (Å²) < 4.78 is 0. The first-order chi connectivity index (χ1) is 9.02. The van der Waals surface area contributed by atoms with Gasteiger partial charge in [0.25, 0.3) is 5.91 Å². The molecule has 0 aliphatic heterocycles. The normalized spacial score (nSPS) is 10.8. The first-order valence-corrected chi connectivity index (χ1v) is 5.82. The number of hydrogen-bond donors (Lipinski definition) is 4. The Morgan fingerprint density at radius 2 is 2.05 bits per heavy atom. The monoisotopic (exact) mass is 282 g/mol. The van der Waals surface area contributed by atoms with Crippen molar-refractivity contribution in [2.75, 3.05) is 11.9 Å². The highest BCUT2D eigenvalue weighted by Crippen LogP contribution is 2.12. The molecule has 0 atom stereocenters. The van der Waals surface area contributed by atoms with Crippen LogP contribution in [-0.4, -0.2) is 23.4 Å². The van der Waals surface area contributed by atoms with E-state index in [9.17, 15) is 4.79 Å². The van der Waals surface area contributed by atoms with Gasteiger partial charge in [-0.25, -0.2) is 5.43 Å². The number of hydrogen-bond acceptors (Lipinski definition) is 5. The fourth-order valence-electron chi connectivity index (χ4n) is 1.08. The van der Waals surface area contributed by atoms with Crippen molar-refractivity contribution in [2.24, 2.45) is 5.10 Å². The highest BCUT2D eigenvalue weighted by atomic mass is 35.5. The number of nitrogens with one attached hydrogen (secondary N) is 3. The molecule has 0 saturated carbocycles. The summed E-state index contributed by atoms with van der Waals surface area (Å²) in [6.07, 6.45) is 0. The molecular formula is C12H15ClN4O2. The van der Waals surface area contributed by atoms with Crippen molar-refractivity contribution in [3.05, 3.63) is 41.6 Å². The third kappa shape index (κ3) is 5.41. The molecule has 1 aromatic rings. The summed E-state index contributed by atoms with van der Waals surface area (Å²) in [6.45, 7) is 5.14. The first-order valence-electron chi connectivity index (χ1n) is 5.45. The second kappa shape index (κ2) is 7.40. The molecule has 0 aromatic heterocycles.